The quantitative estimate of drug-likeness (QED) is 0.870. The number of benzene rings is 2. The van der Waals surface area contributed by atoms with Crippen LogP contribution in [0, 0.1) is 0 Å². The number of carbonyl (C=O) groups excluding carboxylic acids is 1. The molecule has 1 saturated heterocycles. The van der Waals surface area contributed by atoms with Crippen molar-refractivity contribution in [2.24, 2.45) is 0 Å². The van der Waals surface area contributed by atoms with Crippen molar-refractivity contribution in [2.75, 3.05) is 11.5 Å². The number of rotatable bonds is 4. The molecule has 0 aliphatic carbocycles. The van der Waals surface area contributed by atoms with Gasteiger partial charge in [0.2, 0.25) is 5.91 Å². The van der Waals surface area contributed by atoms with E-state index in [1.165, 1.54) is 6.08 Å². The Morgan fingerprint density at radius 3 is 2.50 bits per heavy atom. The second kappa shape index (κ2) is 7.01. The van der Waals surface area contributed by atoms with E-state index >= 15 is 0 Å². The van der Waals surface area contributed by atoms with Crippen LogP contribution in [0.5, 0.6) is 0 Å². The topological polar surface area (TPSA) is 63.2 Å². The number of amides is 1. The Morgan fingerprint density at radius 2 is 1.79 bits per heavy atom. The first-order valence-electron chi connectivity index (χ1n) is 7.86. The molecule has 1 aliphatic rings. The molecule has 0 spiro atoms. The van der Waals surface area contributed by atoms with E-state index in [0.29, 0.717) is 6.42 Å². The summed E-state index contributed by atoms with van der Waals surface area (Å²) in [7, 11) is -2.98. The molecular weight excluding hydrogens is 322 g/mol. The second-order valence-electron chi connectivity index (χ2n) is 5.93. The highest BCUT2D eigenvalue weighted by Crippen LogP contribution is 2.20. The molecule has 2 aromatic carbocycles. The van der Waals surface area contributed by atoms with Crippen molar-refractivity contribution in [3.05, 3.63) is 66.2 Å². The summed E-state index contributed by atoms with van der Waals surface area (Å²) in [6, 6.07) is 17.7. The van der Waals surface area contributed by atoms with Gasteiger partial charge in [0.1, 0.15) is 0 Å². The molecular formula is C19H19NO3S. The lowest BCUT2D eigenvalue weighted by molar-refractivity contribution is -0.116. The third-order valence-electron chi connectivity index (χ3n) is 4.00. The molecule has 1 fully saturated rings. The van der Waals surface area contributed by atoms with Crippen molar-refractivity contribution in [1.29, 1.82) is 0 Å². The van der Waals surface area contributed by atoms with Crippen molar-refractivity contribution in [1.82, 2.24) is 5.32 Å². The molecule has 124 valence electrons. The van der Waals surface area contributed by atoms with Gasteiger partial charge in [-0.05, 0) is 35.3 Å². The highest BCUT2D eigenvalue weighted by molar-refractivity contribution is 7.91. The van der Waals surface area contributed by atoms with Crippen LogP contribution in [0.15, 0.2) is 60.7 Å². The first kappa shape index (κ1) is 16.5. The van der Waals surface area contributed by atoms with Crippen LogP contribution < -0.4 is 5.32 Å². The van der Waals surface area contributed by atoms with Gasteiger partial charge in [-0.3, -0.25) is 4.79 Å². The molecule has 0 bridgehead atoms. The Kier molecular flexibility index (Phi) is 4.81. The van der Waals surface area contributed by atoms with Crippen LogP contribution >= 0.6 is 0 Å². The maximum absolute atomic E-state index is 11.9. The van der Waals surface area contributed by atoms with E-state index in [9.17, 15) is 13.2 Å². The average molecular weight is 341 g/mol. The highest BCUT2D eigenvalue weighted by atomic mass is 32.2. The summed E-state index contributed by atoms with van der Waals surface area (Å²) in [4.78, 5) is 11.9. The van der Waals surface area contributed by atoms with Gasteiger partial charge in [0.05, 0.1) is 11.5 Å². The summed E-state index contributed by atoms with van der Waals surface area (Å²) in [5.74, 6) is -0.0705. The number of sulfone groups is 1. The number of nitrogens with one attached hydrogen (secondary N) is 1. The van der Waals surface area contributed by atoms with Crippen LogP contribution in [0.1, 0.15) is 12.0 Å². The molecule has 3 rings (SSSR count). The lowest BCUT2D eigenvalue weighted by Crippen LogP contribution is -2.34. The zero-order valence-corrected chi connectivity index (χ0v) is 14.0. The number of hydrogen-bond donors (Lipinski definition) is 1. The van der Waals surface area contributed by atoms with Gasteiger partial charge in [-0.1, -0.05) is 48.5 Å². The Balaban J connectivity index is 1.65. The van der Waals surface area contributed by atoms with E-state index < -0.39 is 9.84 Å². The summed E-state index contributed by atoms with van der Waals surface area (Å²) < 4.78 is 22.8. The van der Waals surface area contributed by atoms with Gasteiger partial charge in [-0.15, -0.1) is 0 Å². The average Bonchev–Trinajstić information content (AvgIpc) is 2.92. The number of carbonyl (C=O) groups is 1. The van der Waals surface area contributed by atoms with Crippen molar-refractivity contribution in [3.8, 4) is 11.1 Å². The van der Waals surface area contributed by atoms with Crippen molar-refractivity contribution >= 4 is 21.8 Å². The molecule has 2 aromatic rings. The van der Waals surface area contributed by atoms with Gasteiger partial charge in [0.15, 0.2) is 9.84 Å². The summed E-state index contributed by atoms with van der Waals surface area (Å²) >= 11 is 0. The van der Waals surface area contributed by atoms with E-state index in [1.54, 1.807) is 6.08 Å². The van der Waals surface area contributed by atoms with Crippen molar-refractivity contribution in [3.63, 3.8) is 0 Å². The Morgan fingerprint density at radius 1 is 1.04 bits per heavy atom. The van der Waals surface area contributed by atoms with E-state index in [0.717, 1.165) is 16.7 Å². The van der Waals surface area contributed by atoms with Crippen LogP contribution in [0.3, 0.4) is 0 Å². The van der Waals surface area contributed by atoms with Crippen LogP contribution in [0.25, 0.3) is 17.2 Å². The smallest absolute Gasteiger partial charge is 0.244 e. The van der Waals surface area contributed by atoms with E-state index in [1.807, 2.05) is 54.6 Å². The fourth-order valence-electron chi connectivity index (χ4n) is 2.78. The molecule has 1 amide bonds. The first-order chi connectivity index (χ1) is 11.5. The lowest BCUT2D eigenvalue weighted by Gasteiger charge is -2.08. The SMILES string of the molecule is O=C(C=Cc1cccc(-c2ccccc2)c1)NC1CCS(=O)(=O)C1. The molecule has 1 heterocycles. The molecule has 0 radical (unpaired) electrons. The largest absolute Gasteiger partial charge is 0.349 e. The molecule has 1 unspecified atom stereocenters. The Hall–Kier alpha value is -2.40. The van der Waals surface area contributed by atoms with E-state index in [2.05, 4.69) is 5.32 Å². The third-order valence-corrected chi connectivity index (χ3v) is 5.77. The third kappa shape index (κ3) is 4.32. The summed E-state index contributed by atoms with van der Waals surface area (Å²) in [6.07, 6.45) is 3.69. The second-order valence-corrected chi connectivity index (χ2v) is 8.16. The summed E-state index contributed by atoms with van der Waals surface area (Å²) in [5.41, 5.74) is 3.12. The molecule has 1 atom stereocenters. The van der Waals surface area contributed by atoms with Gasteiger partial charge < -0.3 is 5.32 Å². The highest BCUT2D eigenvalue weighted by Gasteiger charge is 2.28. The van der Waals surface area contributed by atoms with Gasteiger partial charge in [-0.2, -0.15) is 0 Å². The fourth-order valence-corrected chi connectivity index (χ4v) is 4.46. The first-order valence-corrected chi connectivity index (χ1v) is 9.68. The minimum Gasteiger partial charge on any atom is -0.349 e. The van der Waals surface area contributed by atoms with Gasteiger partial charge in [-0.25, -0.2) is 8.42 Å². The van der Waals surface area contributed by atoms with Gasteiger partial charge in [0.25, 0.3) is 0 Å². The van der Waals surface area contributed by atoms with Crippen LogP contribution in [-0.4, -0.2) is 31.9 Å². The van der Waals surface area contributed by atoms with Crippen LogP contribution in [0.2, 0.25) is 0 Å². The molecule has 1 aliphatic heterocycles. The molecule has 0 aromatic heterocycles. The Bertz CT molecular complexity index is 857. The molecule has 5 heteroatoms. The maximum Gasteiger partial charge on any atom is 0.244 e. The predicted octanol–water partition coefficient (Wildman–Crippen LogP) is 2.67. The van der Waals surface area contributed by atoms with Crippen molar-refractivity contribution < 1.29 is 13.2 Å². The zero-order chi connectivity index (χ0) is 17.0. The summed E-state index contributed by atoms with van der Waals surface area (Å²) in [6.45, 7) is 0. The minimum absolute atomic E-state index is 0.0378. The van der Waals surface area contributed by atoms with E-state index in [4.69, 9.17) is 0 Å². The maximum atomic E-state index is 11.9. The zero-order valence-electron chi connectivity index (χ0n) is 13.2. The normalized spacial score (nSPS) is 19.4. The molecule has 1 N–H and O–H groups in total. The fraction of sp³-hybridized carbons (Fsp3) is 0.211. The monoisotopic (exact) mass is 341 g/mol. The Labute approximate surface area is 142 Å². The molecule has 4 nitrogen and oxygen atoms in total. The molecule has 24 heavy (non-hydrogen) atoms. The van der Waals surface area contributed by atoms with Crippen LogP contribution in [-0.2, 0) is 14.6 Å². The number of hydrogen-bond acceptors (Lipinski definition) is 3. The van der Waals surface area contributed by atoms with Gasteiger partial charge in [0, 0.05) is 12.1 Å². The standard InChI is InChI=1S/C19H19NO3S/c21-19(20-18-11-12-24(22,23)14-18)10-9-15-5-4-8-17(13-15)16-6-2-1-3-7-16/h1-10,13,18H,11-12,14H2,(H,20,21). The van der Waals surface area contributed by atoms with E-state index in [-0.39, 0.29) is 23.5 Å². The predicted molar refractivity (Wildman–Crippen MR) is 96.1 cm³/mol. The molecule has 0 saturated carbocycles. The summed E-state index contributed by atoms with van der Waals surface area (Å²) in [5, 5.41) is 2.75. The van der Waals surface area contributed by atoms with Crippen LogP contribution in [0.4, 0.5) is 0 Å². The minimum atomic E-state index is -2.98. The van der Waals surface area contributed by atoms with Gasteiger partial charge >= 0.3 is 0 Å². The lowest BCUT2D eigenvalue weighted by atomic mass is 10.0. The van der Waals surface area contributed by atoms with Crippen molar-refractivity contribution in [2.45, 2.75) is 12.5 Å².